The van der Waals surface area contributed by atoms with Crippen molar-refractivity contribution in [1.82, 2.24) is 15.2 Å². The molecule has 5 nitrogen and oxygen atoms in total. The number of amides is 2. The number of carbonyl (C=O) groups excluding carboxylic acids is 2. The van der Waals surface area contributed by atoms with E-state index in [0.29, 0.717) is 13.0 Å². The number of nitrogens with one attached hydrogen (secondary N) is 1. The highest BCUT2D eigenvalue weighted by molar-refractivity contribution is 7.08. The third-order valence-corrected chi connectivity index (χ3v) is 4.98. The Morgan fingerprint density at radius 1 is 1.42 bits per heavy atom. The largest absolute Gasteiger partial charge is 0.351 e. The maximum absolute atomic E-state index is 12.7. The van der Waals surface area contributed by atoms with Crippen LogP contribution in [0.25, 0.3) is 0 Å². The van der Waals surface area contributed by atoms with Crippen molar-refractivity contribution in [2.75, 3.05) is 6.54 Å². The van der Waals surface area contributed by atoms with E-state index in [-0.39, 0.29) is 17.9 Å². The van der Waals surface area contributed by atoms with Crippen molar-refractivity contribution < 1.29 is 9.59 Å². The molecule has 2 aromatic rings. The molecule has 1 aliphatic heterocycles. The smallest absolute Gasteiger partial charge is 0.227 e. The monoisotopic (exact) mass is 343 g/mol. The summed E-state index contributed by atoms with van der Waals surface area (Å²) in [6, 6.07) is 6.08. The molecule has 0 bridgehead atoms. The van der Waals surface area contributed by atoms with Gasteiger partial charge in [0.1, 0.15) is 0 Å². The van der Waals surface area contributed by atoms with Crippen LogP contribution in [-0.2, 0) is 22.6 Å². The zero-order valence-electron chi connectivity index (χ0n) is 13.7. The Morgan fingerprint density at radius 2 is 2.29 bits per heavy atom. The van der Waals surface area contributed by atoms with Crippen LogP contribution in [0.15, 0.2) is 35.2 Å². The van der Waals surface area contributed by atoms with Crippen LogP contribution in [-0.4, -0.2) is 28.2 Å². The Kier molecular flexibility index (Phi) is 5.25. The third-order valence-electron chi connectivity index (χ3n) is 4.25. The Labute approximate surface area is 145 Å². The first-order valence-corrected chi connectivity index (χ1v) is 9.07. The van der Waals surface area contributed by atoms with E-state index in [1.165, 1.54) is 6.92 Å². The molecule has 0 radical (unpaired) electrons. The van der Waals surface area contributed by atoms with E-state index in [1.54, 1.807) is 17.5 Å². The van der Waals surface area contributed by atoms with E-state index in [0.717, 1.165) is 36.2 Å². The fraction of sp³-hybridized carbons (Fsp3) is 0.389. The summed E-state index contributed by atoms with van der Waals surface area (Å²) in [7, 11) is 0. The second kappa shape index (κ2) is 7.57. The van der Waals surface area contributed by atoms with Crippen LogP contribution in [0.1, 0.15) is 42.6 Å². The van der Waals surface area contributed by atoms with Gasteiger partial charge in [-0.05, 0) is 52.9 Å². The average molecular weight is 343 g/mol. The Hall–Kier alpha value is -2.21. The molecular weight excluding hydrogens is 322 g/mol. The van der Waals surface area contributed by atoms with E-state index in [1.807, 2.05) is 33.9 Å². The van der Waals surface area contributed by atoms with Crippen molar-refractivity contribution in [1.29, 1.82) is 0 Å². The molecular formula is C18H21N3O2S. The third kappa shape index (κ3) is 4.00. The SMILES string of the molecule is CC(=O)NCc1cc([C@H]2CCCN2C(=O)Cc2ccsc2)ccn1. The molecule has 24 heavy (non-hydrogen) atoms. The van der Waals surface area contributed by atoms with Gasteiger partial charge in [-0.25, -0.2) is 0 Å². The maximum atomic E-state index is 12.7. The molecule has 0 aliphatic carbocycles. The quantitative estimate of drug-likeness (QED) is 0.908. The molecule has 3 rings (SSSR count). The van der Waals surface area contributed by atoms with E-state index in [4.69, 9.17) is 0 Å². The van der Waals surface area contributed by atoms with Gasteiger partial charge in [0.25, 0.3) is 0 Å². The van der Waals surface area contributed by atoms with Crippen LogP contribution in [0.2, 0.25) is 0 Å². The fourth-order valence-corrected chi connectivity index (χ4v) is 3.77. The molecule has 1 fully saturated rings. The molecule has 0 unspecified atom stereocenters. The number of thiophene rings is 1. The predicted molar refractivity (Wildman–Crippen MR) is 93.5 cm³/mol. The van der Waals surface area contributed by atoms with Gasteiger partial charge in [-0.2, -0.15) is 11.3 Å². The normalized spacial score (nSPS) is 17.0. The van der Waals surface area contributed by atoms with Crippen LogP contribution in [0.4, 0.5) is 0 Å². The molecule has 2 amide bonds. The van der Waals surface area contributed by atoms with Crippen LogP contribution in [0.5, 0.6) is 0 Å². The minimum Gasteiger partial charge on any atom is -0.351 e. The van der Waals surface area contributed by atoms with Gasteiger partial charge in [0.2, 0.25) is 11.8 Å². The Bertz CT molecular complexity index is 715. The molecule has 6 heteroatoms. The summed E-state index contributed by atoms with van der Waals surface area (Å²) in [4.78, 5) is 30.0. The summed E-state index contributed by atoms with van der Waals surface area (Å²) in [6.07, 6.45) is 4.21. The van der Waals surface area contributed by atoms with E-state index < -0.39 is 0 Å². The number of hydrogen-bond donors (Lipinski definition) is 1. The minimum atomic E-state index is -0.0735. The van der Waals surface area contributed by atoms with Crippen LogP contribution in [0.3, 0.4) is 0 Å². The molecule has 126 valence electrons. The Balaban J connectivity index is 1.71. The molecule has 1 saturated heterocycles. The van der Waals surface area contributed by atoms with E-state index in [9.17, 15) is 9.59 Å². The first kappa shape index (κ1) is 16.6. The highest BCUT2D eigenvalue weighted by atomic mass is 32.1. The summed E-state index contributed by atoms with van der Waals surface area (Å²) in [5.41, 5.74) is 3.00. The fourth-order valence-electron chi connectivity index (χ4n) is 3.10. The summed E-state index contributed by atoms with van der Waals surface area (Å²) >= 11 is 1.62. The molecule has 0 aromatic carbocycles. The van der Waals surface area contributed by atoms with Gasteiger partial charge >= 0.3 is 0 Å². The maximum Gasteiger partial charge on any atom is 0.227 e. The average Bonchev–Trinajstić information content (AvgIpc) is 3.24. The number of likely N-dealkylation sites (tertiary alicyclic amines) is 1. The summed E-state index contributed by atoms with van der Waals surface area (Å²) in [6.45, 7) is 2.71. The van der Waals surface area contributed by atoms with Crippen molar-refractivity contribution in [3.63, 3.8) is 0 Å². The topological polar surface area (TPSA) is 62.3 Å². The first-order valence-electron chi connectivity index (χ1n) is 8.13. The van der Waals surface area contributed by atoms with Gasteiger partial charge in [-0.3, -0.25) is 14.6 Å². The second-order valence-electron chi connectivity index (χ2n) is 6.04. The van der Waals surface area contributed by atoms with Gasteiger partial charge < -0.3 is 10.2 Å². The number of aromatic nitrogens is 1. The lowest BCUT2D eigenvalue weighted by Gasteiger charge is -2.25. The van der Waals surface area contributed by atoms with E-state index >= 15 is 0 Å². The molecule has 1 aliphatic rings. The van der Waals surface area contributed by atoms with Crippen molar-refractivity contribution in [3.05, 3.63) is 52.0 Å². The lowest BCUT2D eigenvalue weighted by Crippen LogP contribution is -2.31. The summed E-state index contributed by atoms with van der Waals surface area (Å²) in [5.74, 6) is 0.103. The first-order chi connectivity index (χ1) is 11.6. The molecule has 3 heterocycles. The highest BCUT2D eigenvalue weighted by Crippen LogP contribution is 2.32. The summed E-state index contributed by atoms with van der Waals surface area (Å²) in [5, 5.41) is 6.79. The van der Waals surface area contributed by atoms with Crippen LogP contribution < -0.4 is 5.32 Å². The van der Waals surface area contributed by atoms with Crippen LogP contribution in [0, 0.1) is 0 Å². The lowest BCUT2D eigenvalue weighted by molar-refractivity contribution is -0.131. The summed E-state index contributed by atoms with van der Waals surface area (Å²) < 4.78 is 0. The van der Waals surface area contributed by atoms with Gasteiger partial charge in [0.05, 0.1) is 24.7 Å². The highest BCUT2D eigenvalue weighted by Gasteiger charge is 2.30. The number of rotatable bonds is 5. The van der Waals surface area contributed by atoms with Gasteiger partial charge in [0, 0.05) is 19.7 Å². The molecule has 1 N–H and O–H groups in total. The predicted octanol–water partition coefficient (Wildman–Crippen LogP) is 2.69. The van der Waals surface area contributed by atoms with Gasteiger partial charge in [0.15, 0.2) is 0 Å². The minimum absolute atomic E-state index is 0.0735. The number of hydrogen-bond acceptors (Lipinski definition) is 4. The van der Waals surface area contributed by atoms with Crippen molar-refractivity contribution in [3.8, 4) is 0 Å². The lowest BCUT2D eigenvalue weighted by atomic mass is 10.0. The zero-order valence-corrected chi connectivity index (χ0v) is 14.5. The van der Waals surface area contributed by atoms with Crippen molar-refractivity contribution in [2.45, 2.75) is 38.8 Å². The number of pyridine rings is 1. The van der Waals surface area contributed by atoms with E-state index in [2.05, 4.69) is 10.3 Å². The van der Waals surface area contributed by atoms with Crippen molar-refractivity contribution in [2.24, 2.45) is 0 Å². The zero-order chi connectivity index (χ0) is 16.9. The molecule has 1 atom stereocenters. The Morgan fingerprint density at radius 3 is 3.04 bits per heavy atom. The van der Waals surface area contributed by atoms with Crippen LogP contribution >= 0.6 is 11.3 Å². The van der Waals surface area contributed by atoms with Gasteiger partial charge in [-0.1, -0.05) is 0 Å². The van der Waals surface area contributed by atoms with Crippen molar-refractivity contribution >= 4 is 23.2 Å². The second-order valence-corrected chi connectivity index (χ2v) is 6.82. The molecule has 0 saturated carbocycles. The molecule has 0 spiro atoms. The van der Waals surface area contributed by atoms with Gasteiger partial charge in [-0.15, -0.1) is 0 Å². The standard InChI is InChI=1S/C18H21N3O2S/c1-13(22)20-11-16-10-15(4-6-19-16)17-3-2-7-21(17)18(23)9-14-5-8-24-12-14/h4-6,8,10,12,17H,2-3,7,9,11H2,1H3,(H,20,22)/t17-/m1/s1. The molecule has 2 aromatic heterocycles. The number of carbonyl (C=O) groups is 2. The number of nitrogens with zero attached hydrogens (tertiary/aromatic N) is 2.